The monoisotopic (exact) mass is 566 g/mol. The van der Waals surface area contributed by atoms with Crippen LogP contribution < -0.4 is 0 Å². The molecule has 44 heavy (non-hydrogen) atoms. The van der Waals surface area contributed by atoms with E-state index >= 15 is 0 Å². The summed E-state index contributed by atoms with van der Waals surface area (Å²) < 4.78 is 4.30. The van der Waals surface area contributed by atoms with Crippen LogP contribution in [0.1, 0.15) is 11.1 Å². The molecular weight excluding hydrogens is 536 g/mol. The predicted molar refractivity (Wildman–Crippen MR) is 181 cm³/mol. The highest BCUT2D eigenvalue weighted by molar-refractivity contribution is 6.10. The maximum atomic E-state index is 4.97. The molecule has 0 amide bonds. The molecule has 8 aromatic rings. The lowest BCUT2D eigenvalue weighted by Crippen LogP contribution is -2.01. The van der Waals surface area contributed by atoms with E-state index in [0.717, 1.165) is 28.3 Å². The van der Waals surface area contributed by atoms with Crippen LogP contribution >= 0.6 is 0 Å². The molecule has 0 atom stereocenters. The first-order valence-electron chi connectivity index (χ1n) is 14.9. The largest absolute Gasteiger partial charge is 0.309 e. The summed E-state index contributed by atoms with van der Waals surface area (Å²) >= 11 is 0. The van der Waals surface area contributed by atoms with Crippen molar-refractivity contribution in [3.63, 3.8) is 0 Å². The number of aryl methyl sites for hydroxylation is 2. The molecule has 8 rings (SSSR count). The van der Waals surface area contributed by atoms with Crippen LogP contribution in [0.4, 0.5) is 0 Å². The molecule has 0 bridgehead atoms. The summed E-state index contributed by atoms with van der Waals surface area (Å²) in [5.41, 5.74) is 11.5. The maximum Gasteiger partial charge on any atom is 0.182 e. The average Bonchev–Trinajstić information content (AvgIpc) is 3.65. The lowest BCUT2D eigenvalue weighted by molar-refractivity contribution is 0.889. The molecule has 0 N–H and O–H groups in total. The van der Waals surface area contributed by atoms with E-state index in [-0.39, 0.29) is 0 Å². The highest BCUT2D eigenvalue weighted by Gasteiger charge is 2.17. The molecule has 0 spiro atoms. The van der Waals surface area contributed by atoms with Gasteiger partial charge in [0.1, 0.15) is 0 Å². The molecule has 2 heterocycles. The van der Waals surface area contributed by atoms with Gasteiger partial charge in [-0.2, -0.15) is 0 Å². The van der Waals surface area contributed by atoms with Crippen LogP contribution in [0.15, 0.2) is 146 Å². The van der Waals surface area contributed by atoms with Gasteiger partial charge in [0, 0.05) is 27.6 Å². The highest BCUT2D eigenvalue weighted by atomic mass is 15.4. The Morgan fingerprint density at radius 3 is 1.80 bits per heavy atom. The van der Waals surface area contributed by atoms with Gasteiger partial charge in [-0.1, -0.05) is 114 Å². The minimum atomic E-state index is 0.704. The summed E-state index contributed by atoms with van der Waals surface area (Å²) in [6.45, 7) is 4.32. The second kappa shape index (κ2) is 10.5. The second-order valence-electron chi connectivity index (χ2n) is 11.4. The molecule has 0 saturated heterocycles. The van der Waals surface area contributed by atoms with Crippen LogP contribution in [0, 0.1) is 13.8 Å². The first-order chi connectivity index (χ1) is 21.6. The van der Waals surface area contributed by atoms with E-state index in [4.69, 9.17) is 10.1 Å². The fraction of sp³-hybridized carbons (Fsp3) is 0.0500. The molecule has 0 saturated carbocycles. The minimum absolute atomic E-state index is 0.704. The standard InChI is InChI=1S/C40H30N4/c1-27-23-28(2)25-32(24-27)31-17-22-38-36(26-31)35-15-9-10-16-37(35)43(38)33-18-20-34(21-19-33)44-40(30-13-7-4-8-14-30)41-39(42-44)29-11-5-3-6-12-29/h3-26H,1-2H3. The van der Waals surface area contributed by atoms with Crippen molar-refractivity contribution >= 4 is 21.8 Å². The zero-order chi connectivity index (χ0) is 29.6. The van der Waals surface area contributed by atoms with Crippen molar-refractivity contribution in [2.45, 2.75) is 13.8 Å². The van der Waals surface area contributed by atoms with Crippen LogP contribution in [-0.4, -0.2) is 19.3 Å². The Balaban J connectivity index is 1.25. The van der Waals surface area contributed by atoms with E-state index < -0.39 is 0 Å². The number of nitrogens with zero attached hydrogens (tertiary/aromatic N) is 4. The van der Waals surface area contributed by atoms with Gasteiger partial charge in [-0.15, -0.1) is 5.10 Å². The highest BCUT2D eigenvalue weighted by Crippen LogP contribution is 2.36. The zero-order valence-corrected chi connectivity index (χ0v) is 24.6. The number of benzene rings is 6. The van der Waals surface area contributed by atoms with Gasteiger partial charge in [0.25, 0.3) is 0 Å². The number of aromatic nitrogens is 4. The molecule has 6 aromatic carbocycles. The molecule has 4 nitrogen and oxygen atoms in total. The van der Waals surface area contributed by atoms with Crippen molar-refractivity contribution < 1.29 is 0 Å². The Kier molecular flexibility index (Phi) is 6.20. The molecular formula is C40H30N4. The van der Waals surface area contributed by atoms with Gasteiger partial charge in [0.15, 0.2) is 11.6 Å². The van der Waals surface area contributed by atoms with Crippen LogP contribution in [0.2, 0.25) is 0 Å². The van der Waals surface area contributed by atoms with Crippen LogP contribution in [0.3, 0.4) is 0 Å². The Morgan fingerprint density at radius 2 is 1.07 bits per heavy atom. The summed E-state index contributed by atoms with van der Waals surface area (Å²) in [7, 11) is 0. The van der Waals surface area contributed by atoms with Crippen molar-refractivity contribution in [1.29, 1.82) is 0 Å². The topological polar surface area (TPSA) is 35.6 Å². The fourth-order valence-electron chi connectivity index (χ4n) is 6.29. The van der Waals surface area contributed by atoms with E-state index in [9.17, 15) is 0 Å². The normalized spacial score (nSPS) is 11.4. The Bertz CT molecular complexity index is 2250. The smallest absolute Gasteiger partial charge is 0.182 e. The number of rotatable bonds is 5. The molecule has 2 aromatic heterocycles. The van der Waals surface area contributed by atoms with Crippen LogP contribution in [0.5, 0.6) is 0 Å². The van der Waals surface area contributed by atoms with Gasteiger partial charge >= 0.3 is 0 Å². The van der Waals surface area contributed by atoms with Gasteiger partial charge in [-0.3, -0.25) is 0 Å². The van der Waals surface area contributed by atoms with E-state index in [1.165, 1.54) is 44.1 Å². The summed E-state index contributed by atoms with van der Waals surface area (Å²) in [5, 5.41) is 7.46. The summed E-state index contributed by atoms with van der Waals surface area (Å²) in [4.78, 5) is 4.97. The lowest BCUT2D eigenvalue weighted by atomic mass is 9.99. The van der Waals surface area contributed by atoms with Gasteiger partial charge in [0.2, 0.25) is 0 Å². The molecule has 4 heteroatoms. The lowest BCUT2D eigenvalue weighted by Gasteiger charge is -2.11. The average molecular weight is 567 g/mol. The first kappa shape index (κ1) is 25.9. The first-order valence-corrected chi connectivity index (χ1v) is 14.9. The Hall–Kier alpha value is -5.74. The fourth-order valence-corrected chi connectivity index (χ4v) is 6.29. The van der Waals surface area contributed by atoms with Gasteiger partial charge < -0.3 is 4.57 Å². The van der Waals surface area contributed by atoms with E-state index in [1.54, 1.807) is 0 Å². The van der Waals surface area contributed by atoms with Gasteiger partial charge in [-0.25, -0.2) is 9.67 Å². The molecule has 0 unspecified atom stereocenters. The zero-order valence-electron chi connectivity index (χ0n) is 24.6. The third-order valence-corrected chi connectivity index (χ3v) is 8.25. The number of para-hydroxylation sites is 1. The molecule has 0 radical (unpaired) electrons. The number of hydrogen-bond acceptors (Lipinski definition) is 2. The summed E-state index contributed by atoms with van der Waals surface area (Å²) in [6, 6.07) is 51.3. The van der Waals surface area contributed by atoms with Crippen molar-refractivity contribution in [1.82, 2.24) is 19.3 Å². The summed E-state index contributed by atoms with van der Waals surface area (Å²) in [5.74, 6) is 1.52. The van der Waals surface area contributed by atoms with Crippen molar-refractivity contribution in [2.75, 3.05) is 0 Å². The molecule has 0 fully saturated rings. The Labute approximate surface area is 256 Å². The molecule has 0 aliphatic rings. The number of hydrogen-bond donors (Lipinski definition) is 0. The van der Waals surface area contributed by atoms with Gasteiger partial charge in [-0.05, 0) is 67.4 Å². The van der Waals surface area contributed by atoms with Crippen molar-refractivity contribution in [2.24, 2.45) is 0 Å². The molecule has 0 aliphatic heterocycles. The van der Waals surface area contributed by atoms with E-state index in [0.29, 0.717) is 5.82 Å². The quantitative estimate of drug-likeness (QED) is 0.208. The third kappa shape index (κ3) is 4.48. The maximum absolute atomic E-state index is 4.97. The Morgan fingerprint density at radius 1 is 0.455 bits per heavy atom. The van der Waals surface area contributed by atoms with E-state index in [2.05, 4.69) is 115 Å². The summed E-state index contributed by atoms with van der Waals surface area (Å²) in [6.07, 6.45) is 0. The van der Waals surface area contributed by atoms with Gasteiger partial charge in [0.05, 0.1) is 16.7 Å². The molecule has 210 valence electrons. The van der Waals surface area contributed by atoms with Crippen LogP contribution in [0.25, 0.3) is 67.1 Å². The van der Waals surface area contributed by atoms with Crippen molar-refractivity contribution in [3.05, 3.63) is 157 Å². The third-order valence-electron chi connectivity index (χ3n) is 8.25. The van der Waals surface area contributed by atoms with Crippen LogP contribution in [-0.2, 0) is 0 Å². The SMILES string of the molecule is Cc1cc(C)cc(-c2ccc3c(c2)c2ccccc2n3-c2ccc(-n3nc(-c4ccccc4)nc3-c3ccccc3)cc2)c1. The minimum Gasteiger partial charge on any atom is -0.309 e. The van der Waals surface area contributed by atoms with Crippen molar-refractivity contribution in [3.8, 4) is 45.3 Å². The second-order valence-corrected chi connectivity index (χ2v) is 11.4. The predicted octanol–water partition coefficient (Wildman–Crippen LogP) is 9.98. The molecule has 0 aliphatic carbocycles. The van der Waals surface area contributed by atoms with E-state index in [1.807, 2.05) is 53.2 Å². The number of fused-ring (bicyclic) bond motifs is 3.